The highest BCUT2D eigenvalue weighted by Crippen LogP contribution is 2.22. The first-order chi connectivity index (χ1) is 10.6. The highest BCUT2D eigenvalue weighted by Gasteiger charge is 2.03. The third kappa shape index (κ3) is 4.59. The fraction of sp³-hybridized carbons (Fsp3) is 0.0667. The fourth-order valence-corrected chi connectivity index (χ4v) is 2.28. The molecule has 7 heteroatoms. The molecule has 22 heavy (non-hydrogen) atoms. The van der Waals surface area contributed by atoms with Crippen molar-refractivity contribution in [1.29, 1.82) is 0 Å². The third-order valence-corrected chi connectivity index (χ3v) is 3.44. The molecule has 0 spiro atoms. The monoisotopic (exact) mass is 353 g/mol. The highest BCUT2D eigenvalue weighted by molar-refractivity contribution is 7.80. The fourth-order valence-electron chi connectivity index (χ4n) is 1.66. The number of nitrogens with one attached hydrogen (secondary N) is 2. The molecule has 0 aliphatic carbocycles. The molecule has 2 rings (SSSR count). The number of halogens is 2. The Morgan fingerprint density at radius 2 is 2.00 bits per heavy atom. The zero-order valence-corrected chi connectivity index (χ0v) is 14.0. The summed E-state index contributed by atoms with van der Waals surface area (Å²) < 4.78 is 5.23. The molecule has 0 unspecified atom stereocenters. The van der Waals surface area contributed by atoms with Gasteiger partial charge in [0, 0.05) is 10.6 Å². The number of hydrogen-bond donors (Lipinski definition) is 2. The van der Waals surface area contributed by atoms with Crippen molar-refractivity contribution in [3.63, 3.8) is 0 Å². The molecule has 0 aliphatic heterocycles. The molecule has 0 amide bonds. The van der Waals surface area contributed by atoms with Crippen LogP contribution in [0.3, 0.4) is 0 Å². The zero-order valence-electron chi connectivity index (χ0n) is 11.6. The summed E-state index contributed by atoms with van der Waals surface area (Å²) in [6.07, 6.45) is 1.56. The van der Waals surface area contributed by atoms with Crippen LogP contribution in [0.25, 0.3) is 0 Å². The Bertz CT molecular complexity index is 707. The minimum atomic E-state index is 0.339. The van der Waals surface area contributed by atoms with Crippen LogP contribution in [-0.2, 0) is 0 Å². The summed E-state index contributed by atoms with van der Waals surface area (Å²) in [7, 11) is 1.59. The van der Waals surface area contributed by atoms with Crippen LogP contribution in [0.2, 0.25) is 10.0 Å². The molecule has 0 saturated carbocycles. The van der Waals surface area contributed by atoms with E-state index in [0.29, 0.717) is 20.9 Å². The average molecular weight is 354 g/mol. The lowest BCUT2D eigenvalue weighted by molar-refractivity contribution is 0.417. The van der Waals surface area contributed by atoms with E-state index in [4.69, 9.17) is 40.2 Å². The summed E-state index contributed by atoms with van der Waals surface area (Å²) in [5.41, 5.74) is 4.20. The van der Waals surface area contributed by atoms with Gasteiger partial charge in [0.2, 0.25) is 0 Å². The van der Waals surface area contributed by atoms with Gasteiger partial charge in [-0.05, 0) is 36.5 Å². The van der Waals surface area contributed by atoms with Crippen molar-refractivity contribution in [3.8, 4) is 5.75 Å². The number of thiocarbonyl (C=S) groups is 1. The summed E-state index contributed by atoms with van der Waals surface area (Å²) in [6, 6.07) is 12.6. The van der Waals surface area contributed by atoms with E-state index >= 15 is 0 Å². The number of hydrazone groups is 1. The lowest BCUT2D eigenvalue weighted by Crippen LogP contribution is -2.24. The first-order valence-corrected chi connectivity index (χ1v) is 7.44. The van der Waals surface area contributed by atoms with Crippen molar-refractivity contribution in [2.75, 3.05) is 12.4 Å². The largest absolute Gasteiger partial charge is 0.495 e. The van der Waals surface area contributed by atoms with Crippen LogP contribution in [0.5, 0.6) is 5.75 Å². The van der Waals surface area contributed by atoms with Crippen LogP contribution >= 0.6 is 35.4 Å². The van der Waals surface area contributed by atoms with Crippen molar-refractivity contribution < 1.29 is 4.74 Å². The second-order valence-corrected chi connectivity index (χ2v) is 5.44. The second kappa shape index (κ2) is 7.98. The summed E-state index contributed by atoms with van der Waals surface area (Å²) in [4.78, 5) is 0. The van der Waals surface area contributed by atoms with Crippen LogP contribution in [0.15, 0.2) is 47.6 Å². The lowest BCUT2D eigenvalue weighted by Gasteiger charge is -2.10. The number of methoxy groups -OCH3 is 1. The van der Waals surface area contributed by atoms with E-state index in [1.165, 1.54) is 0 Å². The standard InChI is InChI=1S/C15H13Cl2N3OS/c1-21-14-5-3-2-4-13(14)19-15(22)20-18-9-10-6-7-11(16)8-12(10)17/h2-9H,1H3,(H2,19,20,22)/b18-9-. The summed E-state index contributed by atoms with van der Waals surface area (Å²) in [5, 5.41) is 8.46. The summed E-state index contributed by atoms with van der Waals surface area (Å²) in [5.74, 6) is 0.691. The maximum absolute atomic E-state index is 6.05. The predicted octanol–water partition coefficient (Wildman–Crippen LogP) is 4.32. The van der Waals surface area contributed by atoms with Gasteiger partial charge in [-0.15, -0.1) is 0 Å². The normalized spacial score (nSPS) is 10.5. The van der Waals surface area contributed by atoms with Gasteiger partial charge >= 0.3 is 0 Å². The smallest absolute Gasteiger partial charge is 0.191 e. The molecule has 2 N–H and O–H groups in total. The summed E-state index contributed by atoms with van der Waals surface area (Å²) >= 11 is 17.0. The topological polar surface area (TPSA) is 45.6 Å². The van der Waals surface area contributed by atoms with Crippen molar-refractivity contribution in [2.24, 2.45) is 5.10 Å². The molecular weight excluding hydrogens is 341 g/mol. The second-order valence-electron chi connectivity index (χ2n) is 4.19. The Morgan fingerprint density at radius 3 is 2.73 bits per heavy atom. The molecule has 2 aromatic rings. The maximum atomic E-state index is 6.05. The summed E-state index contributed by atoms with van der Waals surface area (Å²) in [6.45, 7) is 0. The average Bonchev–Trinajstić information content (AvgIpc) is 2.50. The number of benzene rings is 2. The molecule has 0 bridgehead atoms. The Morgan fingerprint density at radius 1 is 1.23 bits per heavy atom. The predicted molar refractivity (Wildman–Crippen MR) is 96.4 cm³/mol. The minimum Gasteiger partial charge on any atom is -0.495 e. The zero-order chi connectivity index (χ0) is 15.9. The van der Waals surface area contributed by atoms with Gasteiger partial charge in [0.25, 0.3) is 0 Å². The highest BCUT2D eigenvalue weighted by atomic mass is 35.5. The molecule has 0 aromatic heterocycles. The SMILES string of the molecule is COc1ccccc1NC(=S)N/N=C\c1ccc(Cl)cc1Cl. The van der Waals surface area contributed by atoms with E-state index in [9.17, 15) is 0 Å². The van der Waals surface area contributed by atoms with Crippen molar-refractivity contribution in [3.05, 3.63) is 58.1 Å². The molecule has 0 heterocycles. The van der Waals surface area contributed by atoms with Crippen LogP contribution in [0.4, 0.5) is 5.69 Å². The van der Waals surface area contributed by atoms with E-state index in [1.54, 1.807) is 31.5 Å². The molecule has 0 atom stereocenters. The van der Waals surface area contributed by atoms with Gasteiger partial charge in [-0.25, -0.2) is 0 Å². The van der Waals surface area contributed by atoms with Crippen LogP contribution in [0.1, 0.15) is 5.56 Å². The molecule has 114 valence electrons. The van der Waals surface area contributed by atoms with Gasteiger partial charge in [0.05, 0.1) is 24.0 Å². The Hall–Kier alpha value is -1.82. The van der Waals surface area contributed by atoms with Gasteiger partial charge in [-0.3, -0.25) is 5.43 Å². The Labute approximate surface area is 144 Å². The van der Waals surface area contributed by atoms with E-state index in [-0.39, 0.29) is 0 Å². The van der Waals surface area contributed by atoms with E-state index < -0.39 is 0 Å². The molecule has 0 fully saturated rings. The molecule has 0 radical (unpaired) electrons. The number of hydrogen-bond acceptors (Lipinski definition) is 3. The van der Waals surface area contributed by atoms with Crippen LogP contribution < -0.4 is 15.5 Å². The lowest BCUT2D eigenvalue weighted by atomic mass is 10.2. The maximum Gasteiger partial charge on any atom is 0.191 e. The van der Waals surface area contributed by atoms with Gasteiger partial charge in [-0.2, -0.15) is 5.10 Å². The van der Waals surface area contributed by atoms with Crippen LogP contribution in [-0.4, -0.2) is 18.4 Å². The molecule has 0 aliphatic rings. The Balaban J connectivity index is 1.96. The number of nitrogens with zero attached hydrogens (tertiary/aromatic N) is 1. The first kappa shape index (κ1) is 16.5. The first-order valence-electron chi connectivity index (χ1n) is 6.28. The van der Waals surface area contributed by atoms with E-state index in [1.807, 2.05) is 24.3 Å². The van der Waals surface area contributed by atoms with Gasteiger partial charge < -0.3 is 10.1 Å². The van der Waals surface area contributed by atoms with Crippen molar-refractivity contribution >= 4 is 52.4 Å². The third-order valence-electron chi connectivity index (χ3n) is 2.69. The number of rotatable bonds is 4. The molecule has 0 saturated heterocycles. The van der Waals surface area contributed by atoms with E-state index in [2.05, 4.69) is 15.8 Å². The minimum absolute atomic E-state index is 0.339. The molecular formula is C15H13Cl2N3OS. The van der Waals surface area contributed by atoms with E-state index in [0.717, 1.165) is 11.3 Å². The number of para-hydroxylation sites is 2. The van der Waals surface area contributed by atoms with Gasteiger partial charge in [0.15, 0.2) is 5.11 Å². The van der Waals surface area contributed by atoms with Crippen LogP contribution in [0, 0.1) is 0 Å². The van der Waals surface area contributed by atoms with Gasteiger partial charge in [0.1, 0.15) is 5.75 Å². The van der Waals surface area contributed by atoms with Gasteiger partial charge in [-0.1, -0.05) is 41.4 Å². The molecule has 4 nitrogen and oxygen atoms in total. The number of ether oxygens (including phenoxy) is 1. The van der Waals surface area contributed by atoms with Crippen molar-refractivity contribution in [1.82, 2.24) is 5.43 Å². The number of anilines is 1. The quantitative estimate of drug-likeness (QED) is 0.488. The Kier molecular flexibility index (Phi) is 6.00. The molecule has 2 aromatic carbocycles. The van der Waals surface area contributed by atoms with Crippen molar-refractivity contribution in [2.45, 2.75) is 0 Å².